The van der Waals surface area contributed by atoms with Crippen LogP contribution in [0.5, 0.6) is 0 Å². The molecule has 1 aromatic rings. The summed E-state index contributed by atoms with van der Waals surface area (Å²) in [7, 11) is 0. The Kier molecular flexibility index (Phi) is 7.73. The lowest BCUT2D eigenvalue weighted by Gasteiger charge is -2.29. The van der Waals surface area contributed by atoms with Crippen LogP contribution in [0.15, 0.2) is 30.3 Å². The molecule has 1 aromatic carbocycles. The number of carbonyl (C=O) groups excluding carboxylic acids is 1. The Morgan fingerprint density at radius 1 is 1.20 bits per heavy atom. The number of ether oxygens (including phenoxy) is 1. The second-order valence-corrected chi connectivity index (χ2v) is 7.22. The largest absolute Gasteiger partial charge is 0.365 e. The first-order valence-corrected chi connectivity index (χ1v) is 9.43. The molecule has 3 atom stereocenters. The molecule has 1 unspecified atom stereocenters. The highest BCUT2D eigenvalue weighted by Crippen LogP contribution is 2.28. The Morgan fingerprint density at radius 3 is 2.52 bits per heavy atom. The summed E-state index contributed by atoms with van der Waals surface area (Å²) < 4.78 is 6.16. The maximum atomic E-state index is 12.9. The predicted octanol–water partition coefficient (Wildman–Crippen LogP) is 3.49. The van der Waals surface area contributed by atoms with Crippen LogP contribution in [0, 0.1) is 0 Å². The minimum absolute atomic E-state index is 0. The molecule has 25 heavy (non-hydrogen) atoms. The van der Waals surface area contributed by atoms with Crippen LogP contribution < -0.4 is 5.73 Å². The number of halogens is 1. The average Bonchev–Trinajstić information content (AvgIpc) is 3.02. The van der Waals surface area contributed by atoms with Crippen LogP contribution in [-0.4, -0.2) is 42.1 Å². The van der Waals surface area contributed by atoms with Crippen molar-refractivity contribution in [2.45, 2.75) is 69.6 Å². The van der Waals surface area contributed by atoms with Crippen LogP contribution in [0.4, 0.5) is 0 Å². The lowest BCUT2D eigenvalue weighted by atomic mass is 9.95. The maximum Gasteiger partial charge on any atom is 0.251 e. The van der Waals surface area contributed by atoms with E-state index in [1.807, 2.05) is 30.0 Å². The van der Waals surface area contributed by atoms with Crippen molar-refractivity contribution in [2.75, 3.05) is 13.1 Å². The first-order chi connectivity index (χ1) is 11.7. The predicted molar refractivity (Wildman–Crippen MR) is 103 cm³/mol. The Bertz CT molecular complexity index is 534. The van der Waals surface area contributed by atoms with Crippen molar-refractivity contribution in [1.82, 2.24) is 4.90 Å². The van der Waals surface area contributed by atoms with E-state index in [2.05, 4.69) is 12.1 Å². The van der Waals surface area contributed by atoms with E-state index in [0.29, 0.717) is 13.1 Å². The molecule has 0 aromatic heterocycles. The molecule has 5 heteroatoms. The highest BCUT2D eigenvalue weighted by Gasteiger charge is 2.37. The van der Waals surface area contributed by atoms with Gasteiger partial charge in [0.2, 0.25) is 0 Å². The summed E-state index contributed by atoms with van der Waals surface area (Å²) in [5.41, 5.74) is 7.55. The summed E-state index contributed by atoms with van der Waals surface area (Å²) in [6, 6.07) is 10.3. The molecule has 0 radical (unpaired) electrons. The highest BCUT2D eigenvalue weighted by atomic mass is 35.5. The normalized spacial score (nSPS) is 25.4. The molecule has 0 bridgehead atoms. The zero-order chi connectivity index (χ0) is 16.9. The van der Waals surface area contributed by atoms with E-state index < -0.39 is 0 Å². The number of hydrogen-bond acceptors (Lipinski definition) is 3. The lowest BCUT2D eigenvalue weighted by molar-refractivity contribution is -0.148. The van der Waals surface area contributed by atoms with Crippen molar-refractivity contribution in [3.63, 3.8) is 0 Å². The number of carbonyl (C=O) groups is 1. The van der Waals surface area contributed by atoms with Crippen molar-refractivity contribution in [2.24, 2.45) is 5.73 Å². The van der Waals surface area contributed by atoms with E-state index in [1.165, 1.54) is 24.8 Å². The van der Waals surface area contributed by atoms with Gasteiger partial charge in [-0.3, -0.25) is 4.79 Å². The third-order valence-corrected chi connectivity index (χ3v) is 5.46. The van der Waals surface area contributed by atoms with E-state index in [4.69, 9.17) is 10.5 Å². The third kappa shape index (κ3) is 4.96. The molecular weight excluding hydrogens is 336 g/mol. The van der Waals surface area contributed by atoms with Gasteiger partial charge >= 0.3 is 0 Å². The van der Waals surface area contributed by atoms with E-state index in [9.17, 15) is 4.79 Å². The van der Waals surface area contributed by atoms with Crippen molar-refractivity contribution < 1.29 is 9.53 Å². The molecule has 4 nitrogen and oxygen atoms in total. The van der Waals surface area contributed by atoms with Crippen molar-refractivity contribution in [3.05, 3.63) is 35.9 Å². The summed E-state index contributed by atoms with van der Waals surface area (Å²) in [6.07, 6.45) is 6.61. The lowest BCUT2D eigenvalue weighted by Crippen LogP contribution is -2.42. The number of likely N-dealkylation sites (tertiary alicyclic amines) is 1. The Balaban J connectivity index is 0.00000225. The Morgan fingerprint density at radius 2 is 1.88 bits per heavy atom. The summed E-state index contributed by atoms with van der Waals surface area (Å²) in [4.78, 5) is 14.8. The SMILES string of the molecule is CCC(OC1CCCCC1)C(=O)N1C[C@@H](N)[C@H](c2ccccc2)C1.Cl. The topological polar surface area (TPSA) is 55.6 Å². The van der Waals surface area contributed by atoms with Crippen LogP contribution in [-0.2, 0) is 9.53 Å². The molecule has 2 N–H and O–H groups in total. The fourth-order valence-electron chi connectivity index (χ4n) is 4.03. The van der Waals surface area contributed by atoms with Crippen molar-refractivity contribution >= 4 is 18.3 Å². The molecule has 2 fully saturated rings. The van der Waals surface area contributed by atoms with Gasteiger partial charge in [-0.2, -0.15) is 0 Å². The number of rotatable bonds is 5. The fourth-order valence-corrected chi connectivity index (χ4v) is 4.03. The standard InChI is InChI=1S/C20H30N2O2.ClH/c1-2-19(24-16-11-7-4-8-12-16)20(23)22-13-17(18(21)14-22)15-9-5-3-6-10-15;/h3,5-6,9-10,16-19H,2,4,7-8,11-14,21H2,1H3;1H/t17-,18+,19?;/m0./s1. The quantitative estimate of drug-likeness (QED) is 0.867. The van der Waals surface area contributed by atoms with Gasteiger partial charge < -0.3 is 15.4 Å². The van der Waals surface area contributed by atoms with Crippen LogP contribution in [0.3, 0.4) is 0 Å². The molecule has 1 aliphatic carbocycles. The third-order valence-electron chi connectivity index (χ3n) is 5.46. The van der Waals surface area contributed by atoms with Gasteiger partial charge in [0.05, 0.1) is 6.10 Å². The highest BCUT2D eigenvalue weighted by molar-refractivity contribution is 5.85. The Labute approximate surface area is 157 Å². The first-order valence-electron chi connectivity index (χ1n) is 9.43. The average molecular weight is 367 g/mol. The van der Waals surface area contributed by atoms with Gasteiger partial charge in [-0.05, 0) is 24.8 Å². The number of amides is 1. The molecular formula is C20H31ClN2O2. The number of hydrogen-bond donors (Lipinski definition) is 1. The molecule has 1 amide bonds. The van der Waals surface area contributed by atoms with Gasteiger partial charge in [0, 0.05) is 25.0 Å². The van der Waals surface area contributed by atoms with E-state index in [-0.39, 0.29) is 42.5 Å². The minimum Gasteiger partial charge on any atom is -0.365 e. The van der Waals surface area contributed by atoms with Crippen LogP contribution in [0.2, 0.25) is 0 Å². The molecule has 3 rings (SSSR count). The van der Waals surface area contributed by atoms with Gasteiger partial charge in [-0.25, -0.2) is 0 Å². The Hall–Kier alpha value is -1.10. The monoisotopic (exact) mass is 366 g/mol. The van der Waals surface area contributed by atoms with Gasteiger partial charge in [0.15, 0.2) is 0 Å². The first kappa shape index (κ1) is 20.2. The number of nitrogens with two attached hydrogens (primary N) is 1. The maximum absolute atomic E-state index is 12.9. The van der Waals surface area contributed by atoms with Crippen molar-refractivity contribution in [3.8, 4) is 0 Å². The summed E-state index contributed by atoms with van der Waals surface area (Å²) in [5, 5.41) is 0. The summed E-state index contributed by atoms with van der Waals surface area (Å²) in [5.74, 6) is 0.347. The van der Waals surface area contributed by atoms with E-state index in [0.717, 1.165) is 19.3 Å². The summed E-state index contributed by atoms with van der Waals surface area (Å²) in [6.45, 7) is 3.37. The van der Waals surface area contributed by atoms with E-state index >= 15 is 0 Å². The molecule has 1 saturated heterocycles. The second kappa shape index (κ2) is 9.56. The number of nitrogens with zero attached hydrogens (tertiary/aromatic N) is 1. The van der Waals surface area contributed by atoms with Gasteiger partial charge in [0.25, 0.3) is 5.91 Å². The zero-order valence-corrected chi connectivity index (χ0v) is 15.9. The van der Waals surface area contributed by atoms with E-state index in [1.54, 1.807) is 0 Å². The zero-order valence-electron chi connectivity index (χ0n) is 15.1. The smallest absolute Gasteiger partial charge is 0.251 e. The summed E-state index contributed by atoms with van der Waals surface area (Å²) >= 11 is 0. The molecule has 0 spiro atoms. The minimum atomic E-state index is -0.310. The molecule has 2 aliphatic rings. The fraction of sp³-hybridized carbons (Fsp3) is 0.650. The molecule has 140 valence electrons. The van der Waals surface area contributed by atoms with Crippen LogP contribution in [0.1, 0.15) is 56.9 Å². The van der Waals surface area contributed by atoms with Crippen LogP contribution in [0.25, 0.3) is 0 Å². The second-order valence-electron chi connectivity index (χ2n) is 7.22. The molecule has 1 heterocycles. The van der Waals surface area contributed by atoms with Gasteiger partial charge in [-0.1, -0.05) is 56.5 Å². The van der Waals surface area contributed by atoms with Crippen molar-refractivity contribution in [1.29, 1.82) is 0 Å². The van der Waals surface area contributed by atoms with Gasteiger partial charge in [0.1, 0.15) is 6.10 Å². The molecule has 1 aliphatic heterocycles. The van der Waals surface area contributed by atoms with Gasteiger partial charge in [-0.15, -0.1) is 12.4 Å². The molecule has 1 saturated carbocycles. The van der Waals surface area contributed by atoms with Crippen LogP contribution >= 0.6 is 12.4 Å². The number of benzene rings is 1.